The Kier molecular flexibility index (Phi) is 4.47. The van der Waals surface area contributed by atoms with E-state index in [9.17, 15) is 4.79 Å². The molecule has 0 radical (unpaired) electrons. The van der Waals surface area contributed by atoms with E-state index in [0.29, 0.717) is 5.39 Å². The molecule has 0 unspecified atom stereocenters. The van der Waals surface area contributed by atoms with E-state index in [-0.39, 0.29) is 5.56 Å². The van der Waals surface area contributed by atoms with Gasteiger partial charge in [-0.15, -0.1) is 0 Å². The second-order valence-corrected chi connectivity index (χ2v) is 12.9. The molecule has 0 aliphatic heterocycles. The van der Waals surface area contributed by atoms with Gasteiger partial charge in [0.2, 0.25) is 0 Å². The zero-order chi connectivity index (χ0) is 19.9. The highest BCUT2D eigenvalue weighted by Gasteiger charge is 2.30. The molecule has 2 heterocycles. The molecule has 0 saturated carbocycles. The van der Waals surface area contributed by atoms with Gasteiger partial charge in [-0.25, -0.2) is 4.68 Å². The van der Waals surface area contributed by atoms with Crippen molar-refractivity contribution in [2.75, 3.05) is 7.11 Å². The number of rotatable bonds is 4. The fourth-order valence-electron chi connectivity index (χ4n) is 3.85. The Balaban J connectivity index is 2.32. The van der Waals surface area contributed by atoms with Gasteiger partial charge in [0.1, 0.15) is 5.75 Å². The van der Waals surface area contributed by atoms with E-state index >= 15 is 0 Å². The molecule has 4 nitrogen and oxygen atoms in total. The lowest BCUT2D eigenvalue weighted by Gasteiger charge is -2.28. The van der Waals surface area contributed by atoms with Crippen LogP contribution in [0.15, 0.2) is 77.9 Å². The predicted molar refractivity (Wildman–Crippen MR) is 118 cm³/mol. The molecule has 2 aromatic carbocycles. The zero-order valence-electron chi connectivity index (χ0n) is 16.6. The van der Waals surface area contributed by atoms with Crippen LogP contribution in [0.4, 0.5) is 0 Å². The summed E-state index contributed by atoms with van der Waals surface area (Å²) in [7, 11) is -0.224. The first-order chi connectivity index (χ1) is 13.4. The van der Waals surface area contributed by atoms with Crippen LogP contribution in [0.1, 0.15) is 0 Å². The lowest BCUT2D eigenvalue weighted by atomic mass is 10.1. The van der Waals surface area contributed by atoms with Crippen LogP contribution >= 0.6 is 0 Å². The highest BCUT2D eigenvalue weighted by atomic mass is 28.3. The number of pyridine rings is 1. The molecule has 0 aliphatic carbocycles. The molecule has 0 fully saturated rings. The molecule has 142 valence electrons. The zero-order valence-corrected chi connectivity index (χ0v) is 17.6. The van der Waals surface area contributed by atoms with Gasteiger partial charge in [-0.3, -0.25) is 9.47 Å². The third kappa shape index (κ3) is 2.88. The molecule has 2 aromatic heterocycles. The smallest absolute Gasteiger partial charge is 0.278 e. The van der Waals surface area contributed by atoms with Gasteiger partial charge in [-0.05, 0) is 29.5 Å². The lowest BCUT2D eigenvalue weighted by molar-refractivity contribution is 0.420. The lowest BCUT2D eigenvalue weighted by Crippen LogP contribution is -2.45. The average Bonchev–Trinajstić information content (AvgIpc) is 3.21. The van der Waals surface area contributed by atoms with E-state index in [0.717, 1.165) is 22.4 Å². The molecular formula is C23H24N2O2Si. The van der Waals surface area contributed by atoms with Crippen molar-refractivity contribution in [3.8, 4) is 17.0 Å². The van der Waals surface area contributed by atoms with E-state index < -0.39 is 8.07 Å². The number of nitrogens with zero attached hydrogens (tertiary/aromatic N) is 2. The van der Waals surface area contributed by atoms with E-state index in [4.69, 9.17) is 4.74 Å². The Morgan fingerprint density at radius 3 is 2.14 bits per heavy atom. The number of benzene rings is 2. The Morgan fingerprint density at radius 1 is 0.857 bits per heavy atom. The van der Waals surface area contributed by atoms with E-state index in [1.54, 1.807) is 11.8 Å². The summed E-state index contributed by atoms with van der Waals surface area (Å²) in [4.78, 5) is 13.7. The fraction of sp³-hybridized carbons (Fsp3) is 0.174. The largest absolute Gasteiger partial charge is 0.496 e. The van der Waals surface area contributed by atoms with Crippen molar-refractivity contribution < 1.29 is 4.74 Å². The SMILES string of the molecule is COc1cccc2c(=O)n(-n3cccc3)c(-c3ccccc3)c([Si](C)(C)C)c12. The molecule has 5 heteroatoms. The minimum Gasteiger partial charge on any atom is -0.496 e. The molecule has 28 heavy (non-hydrogen) atoms. The second kappa shape index (κ2) is 6.84. The van der Waals surface area contributed by atoms with Crippen LogP contribution in [-0.4, -0.2) is 24.5 Å². The number of aromatic nitrogens is 2. The van der Waals surface area contributed by atoms with Gasteiger partial charge >= 0.3 is 0 Å². The maximum Gasteiger partial charge on any atom is 0.278 e. The van der Waals surface area contributed by atoms with Crippen molar-refractivity contribution in [3.63, 3.8) is 0 Å². The molecule has 4 rings (SSSR count). The van der Waals surface area contributed by atoms with Crippen LogP contribution in [-0.2, 0) is 0 Å². The van der Waals surface area contributed by atoms with Crippen LogP contribution < -0.4 is 15.5 Å². The Morgan fingerprint density at radius 2 is 1.54 bits per heavy atom. The van der Waals surface area contributed by atoms with Crippen molar-refractivity contribution in [2.45, 2.75) is 19.6 Å². The molecule has 4 aromatic rings. The highest BCUT2D eigenvalue weighted by molar-refractivity contribution is 6.91. The maximum atomic E-state index is 13.7. The topological polar surface area (TPSA) is 36.2 Å². The van der Waals surface area contributed by atoms with Crippen LogP contribution in [0.2, 0.25) is 19.6 Å². The van der Waals surface area contributed by atoms with Crippen LogP contribution in [0.5, 0.6) is 5.75 Å². The first kappa shape index (κ1) is 18.3. The normalized spacial score (nSPS) is 11.7. The quantitative estimate of drug-likeness (QED) is 0.488. The Hall–Kier alpha value is -3.05. The summed E-state index contributed by atoms with van der Waals surface area (Å²) in [6.07, 6.45) is 3.82. The van der Waals surface area contributed by atoms with Gasteiger partial charge < -0.3 is 4.74 Å². The highest BCUT2D eigenvalue weighted by Crippen LogP contribution is 2.29. The standard InChI is InChI=1S/C23H24N2O2Si/c1-27-19-14-10-13-18-20(19)22(28(2,3)4)21(17-11-6-5-7-12-17)25(23(18)26)24-15-8-9-16-24/h5-16H,1-4H3. The van der Waals surface area contributed by atoms with Gasteiger partial charge in [-0.2, -0.15) is 0 Å². The molecular weight excluding hydrogens is 364 g/mol. The van der Waals surface area contributed by atoms with Crippen molar-refractivity contribution in [3.05, 3.63) is 83.4 Å². The molecule has 0 spiro atoms. The first-order valence-electron chi connectivity index (χ1n) is 9.38. The van der Waals surface area contributed by atoms with Gasteiger partial charge in [0.05, 0.1) is 26.3 Å². The van der Waals surface area contributed by atoms with Crippen LogP contribution in [0.3, 0.4) is 0 Å². The minimum absolute atomic E-state index is 0.0500. The second-order valence-electron chi connectivity index (χ2n) is 7.90. The number of hydrogen-bond donors (Lipinski definition) is 0. The van der Waals surface area contributed by atoms with Crippen LogP contribution in [0, 0.1) is 0 Å². The molecule has 0 N–H and O–H groups in total. The fourth-order valence-corrected chi connectivity index (χ4v) is 5.82. The van der Waals surface area contributed by atoms with Crippen molar-refractivity contribution in [1.29, 1.82) is 0 Å². The monoisotopic (exact) mass is 388 g/mol. The number of ether oxygens (including phenoxy) is 1. The van der Waals surface area contributed by atoms with Crippen LogP contribution in [0.25, 0.3) is 22.0 Å². The van der Waals surface area contributed by atoms with Crippen molar-refractivity contribution >= 4 is 24.0 Å². The van der Waals surface area contributed by atoms with Gasteiger partial charge in [-0.1, -0.05) is 56.0 Å². The average molecular weight is 389 g/mol. The Labute approximate surface area is 165 Å². The summed E-state index contributed by atoms with van der Waals surface area (Å²) in [5.74, 6) is 0.754. The van der Waals surface area contributed by atoms with E-state index in [1.165, 1.54) is 5.19 Å². The third-order valence-corrected chi connectivity index (χ3v) is 6.97. The maximum absolute atomic E-state index is 13.7. The summed E-state index contributed by atoms with van der Waals surface area (Å²) in [5, 5.41) is 2.85. The van der Waals surface area contributed by atoms with Gasteiger partial charge in [0.15, 0.2) is 0 Å². The molecule has 0 amide bonds. The van der Waals surface area contributed by atoms with E-state index in [1.807, 2.05) is 65.6 Å². The summed E-state index contributed by atoms with van der Waals surface area (Å²) < 4.78 is 9.37. The summed E-state index contributed by atoms with van der Waals surface area (Å²) in [6, 6.07) is 19.8. The summed E-state index contributed by atoms with van der Waals surface area (Å²) >= 11 is 0. The van der Waals surface area contributed by atoms with Crippen molar-refractivity contribution in [2.24, 2.45) is 0 Å². The summed E-state index contributed by atoms with van der Waals surface area (Å²) in [5.41, 5.74) is 1.92. The third-order valence-electron chi connectivity index (χ3n) is 4.98. The Bertz CT molecular complexity index is 1190. The van der Waals surface area contributed by atoms with E-state index in [2.05, 4.69) is 31.8 Å². The minimum atomic E-state index is -1.89. The molecule has 0 aliphatic rings. The van der Waals surface area contributed by atoms with Crippen molar-refractivity contribution in [1.82, 2.24) is 9.35 Å². The number of hydrogen-bond acceptors (Lipinski definition) is 2. The first-order valence-corrected chi connectivity index (χ1v) is 12.9. The molecule has 0 saturated heterocycles. The predicted octanol–water partition coefficient (Wildman–Crippen LogP) is 4.34. The van der Waals surface area contributed by atoms with Gasteiger partial charge in [0.25, 0.3) is 5.56 Å². The number of methoxy groups -OCH3 is 1. The number of fused-ring (bicyclic) bond motifs is 1. The summed E-state index contributed by atoms with van der Waals surface area (Å²) in [6.45, 7) is 6.93. The molecule has 0 atom stereocenters. The molecule has 0 bridgehead atoms. The van der Waals surface area contributed by atoms with Gasteiger partial charge in [0, 0.05) is 23.3 Å².